The molecule has 0 aliphatic heterocycles. The van der Waals surface area contributed by atoms with Crippen LogP contribution < -0.4 is 4.90 Å². The molecule has 1 heterocycles. The van der Waals surface area contributed by atoms with Gasteiger partial charge in [-0.3, -0.25) is 0 Å². The van der Waals surface area contributed by atoms with Crippen molar-refractivity contribution in [1.29, 1.82) is 0 Å². The molecule has 9 aromatic rings. The van der Waals surface area contributed by atoms with Crippen molar-refractivity contribution in [2.75, 3.05) is 4.90 Å². The van der Waals surface area contributed by atoms with Gasteiger partial charge in [0.25, 0.3) is 0 Å². The van der Waals surface area contributed by atoms with Crippen LogP contribution in [-0.2, 0) is 10.8 Å². The van der Waals surface area contributed by atoms with Crippen LogP contribution in [0.5, 0.6) is 0 Å². The molecule has 0 saturated heterocycles. The summed E-state index contributed by atoms with van der Waals surface area (Å²) in [7, 11) is 0. The fourth-order valence-electron chi connectivity index (χ4n) is 9.65. The van der Waals surface area contributed by atoms with Crippen LogP contribution in [0.4, 0.5) is 17.1 Å². The van der Waals surface area contributed by atoms with Crippen molar-refractivity contribution >= 4 is 59.3 Å². The molecule has 2 aliphatic rings. The van der Waals surface area contributed by atoms with E-state index < -0.39 is 0 Å². The first-order valence-electron chi connectivity index (χ1n) is 19.0. The van der Waals surface area contributed by atoms with Crippen LogP contribution >= 0.6 is 11.3 Å². The first-order chi connectivity index (χ1) is 26.3. The third kappa shape index (κ3) is 4.44. The van der Waals surface area contributed by atoms with Crippen LogP contribution in [0.3, 0.4) is 0 Å². The first kappa shape index (κ1) is 31.6. The molecule has 0 fully saturated rings. The Kier molecular flexibility index (Phi) is 6.59. The van der Waals surface area contributed by atoms with Gasteiger partial charge in [-0.25, -0.2) is 0 Å². The van der Waals surface area contributed by atoms with E-state index in [1.807, 2.05) is 11.3 Å². The van der Waals surface area contributed by atoms with Crippen LogP contribution in [0.25, 0.3) is 64.3 Å². The fraction of sp³-hybridized carbons (Fsp3) is 0.115. The predicted molar refractivity (Wildman–Crippen MR) is 232 cm³/mol. The topological polar surface area (TPSA) is 3.24 Å². The van der Waals surface area contributed by atoms with Gasteiger partial charge in [0.15, 0.2) is 0 Å². The summed E-state index contributed by atoms with van der Waals surface area (Å²) in [6.07, 6.45) is 0. The van der Waals surface area contributed by atoms with Gasteiger partial charge in [-0.2, -0.15) is 0 Å². The number of benzene rings is 8. The van der Waals surface area contributed by atoms with Crippen molar-refractivity contribution in [2.24, 2.45) is 0 Å². The monoisotopic (exact) mass is 709 g/mol. The van der Waals surface area contributed by atoms with E-state index in [1.165, 1.54) is 98.0 Å². The highest BCUT2D eigenvalue weighted by Crippen LogP contribution is 2.55. The summed E-state index contributed by atoms with van der Waals surface area (Å²) < 4.78 is 2.68. The van der Waals surface area contributed by atoms with Crippen molar-refractivity contribution in [2.45, 2.75) is 38.5 Å². The molecule has 2 aliphatic carbocycles. The van der Waals surface area contributed by atoms with E-state index in [0.29, 0.717) is 0 Å². The fourth-order valence-corrected chi connectivity index (χ4v) is 10.8. The maximum atomic E-state index is 2.49. The molecular weight excluding hydrogens is 671 g/mol. The number of rotatable bonds is 4. The normalized spacial score (nSPS) is 14.6. The Morgan fingerprint density at radius 3 is 1.89 bits per heavy atom. The molecule has 0 saturated carbocycles. The van der Waals surface area contributed by atoms with Crippen LogP contribution in [0, 0.1) is 0 Å². The lowest BCUT2D eigenvalue weighted by atomic mass is 9.82. The average molecular weight is 710 g/mol. The van der Waals surface area contributed by atoms with Gasteiger partial charge in [0, 0.05) is 47.9 Å². The van der Waals surface area contributed by atoms with Gasteiger partial charge in [0.1, 0.15) is 0 Å². The molecule has 1 nitrogen and oxygen atoms in total. The van der Waals surface area contributed by atoms with E-state index in [1.54, 1.807) is 0 Å². The van der Waals surface area contributed by atoms with Crippen LogP contribution in [0.15, 0.2) is 164 Å². The smallest absolute Gasteiger partial charge is 0.0543 e. The Morgan fingerprint density at radius 1 is 0.407 bits per heavy atom. The first-order valence-corrected chi connectivity index (χ1v) is 19.8. The molecule has 2 heteroatoms. The van der Waals surface area contributed by atoms with Gasteiger partial charge in [0.2, 0.25) is 0 Å². The number of hydrogen-bond donors (Lipinski definition) is 0. The Hall–Kier alpha value is -5.96. The van der Waals surface area contributed by atoms with E-state index in [0.717, 1.165) is 5.69 Å². The van der Waals surface area contributed by atoms with Gasteiger partial charge in [0.05, 0.1) is 5.69 Å². The molecule has 8 aromatic carbocycles. The maximum Gasteiger partial charge on any atom is 0.0543 e. The zero-order valence-electron chi connectivity index (χ0n) is 30.9. The second-order valence-corrected chi connectivity index (χ2v) is 17.2. The van der Waals surface area contributed by atoms with E-state index in [2.05, 4.69) is 196 Å². The third-order valence-corrected chi connectivity index (χ3v) is 13.6. The maximum absolute atomic E-state index is 2.49. The lowest BCUT2D eigenvalue weighted by Crippen LogP contribution is -2.16. The van der Waals surface area contributed by atoms with Crippen molar-refractivity contribution in [3.63, 3.8) is 0 Å². The van der Waals surface area contributed by atoms with Gasteiger partial charge in [-0.05, 0) is 115 Å². The Morgan fingerprint density at radius 2 is 1.06 bits per heavy atom. The Balaban J connectivity index is 1.07. The molecule has 0 atom stereocenters. The van der Waals surface area contributed by atoms with Crippen molar-refractivity contribution in [3.05, 3.63) is 186 Å². The summed E-state index contributed by atoms with van der Waals surface area (Å²) in [4.78, 5) is 2.49. The number of nitrogens with zero attached hydrogens (tertiary/aromatic N) is 1. The van der Waals surface area contributed by atoms with Gasteiger partial charge < -0.3 is 4.90 Å². The largest absolute Gasteiger partial charge is 0.310 e. The number of anilines is 3. The van der Waals surface area contributed by atoms with Crippen molar-refractivity contribution < 1.29 is 0 Å². The van der Waals surface area contributed by atoms with E-state index in [-0.39, 0.29) is 10.8 Å². The van der Waals surface area contributed by atoms with Crippen LogP contribution in [0.1, 0.15) is 49.9 Å². The second-order valence-electron chi connectivity index (χ2n) is 16.2. The lowest BCUT2D eigenvalue weighted by Gasteiger charge is -2.30. The summed E-state index contributed by atoms with van der Waals surface area (Å²) in [5.41, 5.74) is 16.7. The van der Waals surface area contributed by atoms with Crippen molar-refractivity contribution in [1.82, 2.24) is 0 Å². The minimum absolute atomic E-state index is 0.0451. The van der Waals surface area contributed by atoms with Gasteiger partial charge >= 0.3 is 0 Å². The summed E-state index contributed by atoms with van der Waals surface area (Å²) in [5, 5.41) is 5.24. The average Bonchev–Trinajstić information content (AvgIpc) is 3.76. The molecule has 0 unspecified atom stereocenters. The molecule has 0 radical (unpaired) electrons. The molecular formula is C52H39NS. The SMILES string of the molecule is CC1(C)c2ccccc2-c2cc(N(c3ccc(-c4ccc5cc6c(cc5c4)sc4ccccc46)cc3)c3cccc4c3-c3ccccc3C4(C)C)ccc21. The zero-order chi connectivity index (χ0) is 36.3. The molecule has 1 aromatic heterocycles. The van der Waals surface area contributed by atoms with E-state index in [9.17, 15) is 0 Å². The van der Waals surface area contributed by atoms with Crippen LogP contribution in [0.2, 0.25) is 0 Å². The second kappa shape index (κ2) is 11.3. The van der Waals surface area contributed by atoms with Gasteiger partial charge in [-0.15, -0.1) is 11.3 Å². The molecule has 54 heavy (non-hydrogen) atoms. The molecule has 0 bridgehead atoms. The minimum atomic E-state index is -0.0874. The summed E-state index contributed by atoms with van der Waals surface area (Å²) in [6.45, 7) is 9.44. The lowest BCUT2D eigenvalue weighted by molar-refractivity contribution is 0.660. The quantitative estimate of drug-likeness (QED) is 0.176. The predicted octanol–water partition coefficient (Wildman–Crippen LogP) is 15.0. The minimum Gasteiger partial charge on any atom is -0.310 e. The highest BCUT2D eigenvalue weighted by Gasteiger charge is 2.39. The molecule has 0 N–H and O–H groups in total. The Labute approximate surface area is 320 Å². The van der Waals surface area contributed by atoms with Gasteiger partial charge in [-0.1, -0.05) is 137 Å². The molecule has 11 rings (SSSR count). The molecule has 258 valence electrons. The standard InChI is InChI=1S/C52H39NS/c1-51(2)43-15-8-5-12-38(43)41-31-37(26-27-45(41)51)53(47-18-11-17-46-50(47)40-14-6-9-16-44(40)52(46,3)4)36-24-22-32(23-25-36)33-20-21-34-29-42-39-13-7-10-19-48(39)54-49(42)30-35(34)28-33/h5-31H,1-4H3. The van der Waals surface area contributed by atoms with E-state index >= 15 is 0 Å². The van der Waals surface area contributed by atoms with Crippen molar-refractivity contribution in [3.8, 4) is 33.4 Å². The molecule has 0 spiro atoms. The highest BCUT2D eigenvalue weighted by molar-refractivity contribution is 7.25. The number of hydrogen-bond acceptors (Lipinski definition) is 2. The number of fused-ring (bicyclic) bond motifs is 10. The summed E-state index contributed by atoms with van der Waals surface area (Å²) >= 11 is 1.88. The Bertz CT molecular complexity index is 3000. The van der Waals surface area contributed by atoms with Crippen LogP contribution in [-0.4, -0.2) is 0 Å². The highest BCUT2D eigenvalue weighted by atomic mass is 32.1. The molecule has 0 amide bonds. The number of thiophene rings is 1. The summed E-state index contributed by atoms with van der Waals surface area (Å²) in [5.74, 6) is 0. The zero-order valence-corrected chi connectivity index (χ0v) is 31.8. The summed E-state index contributed by atoms with van der Waals surface area (Å²) in [6, 6.07) is 61.6. The third-order valence-electron chi connectivity index (χ3n) is 12.4. The van der Waals surface area contributed by atoms with E-state index in [4.69, 9.17) is 0 Å².